The summed E-state index contributed by atoms with van der Waals surface area (Å²) < 4.78 is 0. The van der Waals surface area contributed by atoms with Gasteiger partial charge in [-0.3, -0.25) is 0 Å². The molecule has 0 saturated heterocycles. The van der Waals surface area contributed by atoms with Crippen molar-refractivity contribution in [2.75, 3.05) is 0 Å². The summed E-state index contributed by atoms with van der Waals surface area (Å²) in [6, 6.07) is 1.77. The number of carboxylic acids is 1. The number of hydrogen-bond donors (Lipinski definition) is 2. The van der Waals surface area contributed by atoms with Crippen LogP contribution in [0.15, 0.2) is 6.07 Å². The highest BCUT2D eigenvalue weighted by atomic mass is 16.4. The average Bonchev–Trinajstić information content (AvgIpc) is 2.01. The Labute approximate surface area is 76.6 Å². The SMILES string of the molecule is Cc1cc(C)c(O)c(C(=O)O)c1C. The Hall–Kier alpha value is -1.51. The van der Waals surface area contributed by atoms with Gasteiger partial charge in [0.1, 0.15) is 11.3 Å². The zero-order chi connectivity index (χ0) is 10.2. The number of carbonyl (C=O) groups is 1. The van der Waals surface area contributed by atoms with Crippen LogP contribution >= 0.6 is 0 Å². The molecule has 0 spiro atoms. The van der Waals surface area contributed by atoms with Gasteiger partial charge in [0.15, 0.2) is 0 Å². The van der Waals surface area contributed by atoms with Crippen LogP contribution < -0.4 is 0 Å². The second kappa shape index (κ2) is 3.09. The van der Waals surface area contributed by atoms with Gasteiger partial charge in [-0.2, -0.15) is 0 Å². The third-order valence-electron chi connectivity index (χ3n) is 2.22. The van der Waals surface area contributed by atoms with Gasteiger partial charge in [0, 0.05) is 0 Å². The van der Waals surface area contributed by atoms with E-state index in [1.165, 1.54) is 0 Å². The molecule has 0 saturated carbocycles. The summed E-state index contributed by atoms with van der Waals surface area (Å²) in [5.74, 6) is -1.21. The third-order valence-corrected chi connectivity index (χ3v) is 2.22. The van der Waals surface area contributed by atoms with Crippen molar-refractivity contribution in [2.45, 2.75) is 20.8 Å². The van der Waals surface area contributed by atoms with Crippen LogP contribution in [-0.4, -0.2) is 16.2 Å². The van der Waals surface area contributed by atoms with E-state index < -0.39 is 5.97 Å². The second-order valence-corrected chi connectivity index (χ2v) is 3.16. The molecule has 0 bridgehead atoms. The van der Waals surface area contributed by atoms with Gasteiger partial charge in [-0.25, -0.2) is 4.79 Å². The Morgan fingerprint density at radius 1 is 1.23 bits per heavy atom. The third kappa shape index (κ3) is 1.49. The van der Waals surface area contributed by atoms with Crippen molar-refractivity contribution >= 4 is 5.97 Å². The number of hydrogen-bond acceptors (Lipinski definition) is 2. The standard InChI is InChI=1S/C10H12O3/c1-5-4-6(2)9(11)8(7(5)3)10(12)13/h4,11H,1-3H3,(H,12,13). The Bertz CT molecular complexity index is 341. The first-order valence-electron chi connectivity index (χ1n) is 3.98. The van der Waals surface area contributed by atoms with E-state index in [4.69, 9.17) is 5.11 Å². The lowest BCUT2D eigenvalue weighted by Crippen LogP contribution is -2.03. The quantitative estimate of drug-likeness (QED) is 0.695. The number of phenols is 1. The molecule has 0 aromatic heterocycles. The van der Waals surface area contributed by atoms with Crippen molar-refractivity contribution in [1.29, 1.82) is 0 Å². The topological polar surface area (TPSA) is 57.5 Å². The lowest BCUT2D eigenvalue weighted by Gasteiger charge is -2.09. The zero-order valence-electron chi connectivity index (χ0n) is 7.88. The predicted octanol–water partition coefficient (Wildman–Crippen LogP) is 2.02. The van der Waals surface area contributed by atoms with E-state index in [0.29, 0.717) is 11.1 Å². The maximum atomic E-state index is 10.8. The Balaban J connectivity index is 3.56. The van der Waals surface area contributed by atoms with Crippen LogP contribution in [-0.2, 0) is 0 Å². The van der Waals surface area contributed by atoms with Crippen LogP contribution in [0.1, 0.15) is 27.0 Å². The maximum absolute atomic E-state index is 10.8. The van der Waals surface area contributed by atoms with E-state index in [1.807, 2.05) is 6.92 Å². The molecule has 13 heavy (non-hydrogen) atoms. The van der Waals surface area contributed by atoms with Gasteiger partial charge >= 0.3 is 5.97 Å². The molecule has 0 aliphatic heterocycles. The molecule has 0 aliphatic rings. The number of carboxylic acid groups (broad SMARTS) is 1. The van der Waals surface area contributed by atoms with Crippen LogP contribution in [0.25, 0.3) is 0 Å². The van der Waals surface area contributed by atoms with Crippen molar-refractivity contribution < 1.29 is 15.0 Å². The minimum atomic E-state index is -1.08. The zero-order valence-corrected chi connectivity index (χ0v) is 7.88. The molecule has 0 heterocycles. The lowest BCUT2D eigenvalue weighted by atomic mass is 9.99. The number of aromatic carboxylic acids is 1. The van der Waals surface area contributed by atoms with Gasteiger partial charge in [-0.15, -0.1) is 0 Å². The van der Waals surface area contributed by atoms with E-state index >= 15 is 0 Å². The molecule has 70 valence electrons. The fourth-order valence-corrected chi connectivity index (χ4v) is 1.33. The van der Waals surface area contributed by atoms with Crippen molar-refractivity contribution in [2.24, 2.45) is 0 Å². The molecule has 1 aromatic carbocycles. The van der Waals surface area contributed by atoms with Gasteiger partial charge in [0.25, 0.3) is 0 Å². The molecule has 3 heteroatoms. The summed E-state index contributed by atoms with van der Waals surface area (Å²) >= 11 is 0. The Kier molecular flexibility index (Phi) is 2.28. The Morgan fingerprint density at radius 3 is 2.23 bits per heavy atom. The average molecular weight is 180 g/mol. The number of rotatable bonds is 1. The summed E-state index contributed by atoms with van der Waals surface area (Å²) in [5, 5.41) is 18.3. The fraction of sp³-hybridized carbons (Fsp3) is 0.300. The molecule has 0 fully saturated rings. The van der Waals surface area contributed by atoms with Crippen LogP contribution in [0, 0.1) is 20.8 Å². The molecular formula is C10H12O3. The fourth-order valence-electron chi connectivity index (χ4n) is 1.33. The minimum absolute atomic E-state index is 0.0116. The highest BCUT2D eigenvalue weighted by molar-refractivity contribution is 5.93. The smallest absolute Gasteiger partial charge is 0.339 e. The summed E-state index contributed by atoms with van der Waals surface area (Å²) in [6.07, 6.45) is 0. The van der Waals surface area contributed by atoms with E-state index in [-0.39, 0.29) is 11.3 Å². The van der Waals surface area contributed by atoms with E-state index in [1.54, 1.807) is 19.9 Å². The molecule has 0 atom stereocenters. The van der Waals surface area contributed by atoms with E-state index in [0.717, 1.165) is 5.56 Å². The monoisotopic (exact) mass is 180 g/mol. The van der Waals surface area contributed by atoms with Gasteiger partial charge in [-0.1, -0.05) is 6.07 Å². The molecule has 0 amide bonds. The maximum Gasteiger partial charge on any atom is 0.339 e. The Morgan fingerprint density at radius 2 is 1.77 bits per heavy atom. The van der Waals surface area contributed by atoms with Crippen molar-refractivity contribution in [1.82, 2.24) is 0 Å². The molecule has 3 nitrogen and oxygen atoms in total. The summed E-state index contributed by atoms with van der Waals surface area (Å²) in [6.45, 7) is 5.21. The van der Waals surface area contributed by atoms with Gasteiger partial charge in [0.2, 0.25) is 0 Å². The number of aryl methyl sites for hydroxylation is 2. The largest absolute Gasteiger partial charge is 0.507 e. The highest BCUT2D eigenvalue weighted by Crippen LogP contribution is 2.27. The molecule has 1 rings (SSSR count). The predicted molar refractivity (Wildman–Crippen MR) is 49.3 cm³/mol. The first kappa shape index (κ1) is 9.58. The molecule has 0 unspecified atom stereocenters. The van der Waals surface area contributed by atoms with Crippen molar-refractivity contribution in [3.05, 3.63) is 28.3 Å². The lowest BCUT2D eigenvalue weighted by molar-refractivity contribution is 0.0692. The number of aromatic hydroxyl groups is 1. The summed E-state index contributed by atoms with van der Waals surface area (Å²) in [7, 11) is 0. The van der Waals surface area contributed by atoms with Crippen LogP contribution in [0.5, 0.6) is 5.75 Å². The molecule has 1 aromatic rings. The van der Waals surface area contributed by atoms with E-state index in [9.17, 15) is 9.90 Å². The van der Waals surface area contributed by atoms with Gasteiger partial charge in [0.05, 0.1) is 0 Å². The summed E-state index contributed by atoms with van der Waals surface area (Å²) in [4.78, 5) is 10.8. The first-order chi connectivity index (χ1) is 5.95. The van der Waals surface area contributed by atoms with Crippen molar-refractivity contribution in [3.63, 3.8) is 0 Å². The first-order valence-corrected chi connectivity index (χ1v) is 3.98. The molecule has 0 radical (unpaired) electrons. The number of benzene rings is 1. The van der Waals surface area contributed by atoms with Gasteiger partial charge in [-0.05, 0) is 37.5 Å². The molecule has 2 N–H and O–H groups in total. The van der Waals surface area contributed by atoms with Crippen LogP contribution in [0.4, 0.5) is 0 Å². The normalized spacial score (nSPS) is 10.1. The van der Waals surface area contributed by atoms with Crippen LogP contribution in [0.2, 0.25) is 0 Å². The second-order valence-electron chi connectivity index (χ2n) is 3.16. The van der Waals surface area contributed by atoms with Gasteiger partial charge < -0.3 is 10.2 Å². The van der Waals surface area contributed by atoms with Crippen molar-refractivity contribution in [3.8, 4) is 5.75 Å². The molecular weight excluding hydrogens is 168 g/mol. The summed E-state index contributed by atoms with van der Waals surface area (Å²) in [5.41, 5.74) is 2.11. The minimum Gasteiger partial charge on any atom is -0.507 e. The highest BCUT2D eigenvalue weighted by Gasteiger charge is 2.16. The van der Waals surface area contributed by atoms with Crippen LogP contribution in [0.3, 0.4) is 0 Å². The molecule has 0 aliphatic carbocycles. The van der Waals surface area contributed by atoms with E-state index in [2.05, 4.69) is 0 Å².